The lowest BCUT2D eigenvalue weighted by atomic mass is 10.1. The van der Waals surface area contributed by atoms with E-state index in [1.807, 2.05) is 42.5 Å². The monoisotopic (exact) mass is 413 g/mol. The summed E-state index contributed by atoms with van der Waals surface area (Å²) in [4.78, 5) is 4.60. The Morgan fingerprint density at radius 1 is 1.20 bits per heavy atom. The maximum absolute atomic E-state index is 5.96. The smallest absolute Gasteiger partial charge is 0.196 e. The molecular formula is C15H10Br2ClNO. The van der Waals surface area contributed by atoms with E-state index in [2.05, 4.69) is 36.8 Å². The number of hydrogen-bond acceptors (Lipinski definition) is 2. The molecule has 0 bridgehead atoms. The highest BCUT2D eigenvalue weighted by molar-refractivity contribution is 9.11. The molecule has 0 aliphatic heterocycles. The van der Waals surface area contributed by atoms with Crippen LogP contribution in [-0.4, -0.2) is 4.98 Å². The third kappa shape index (κ3) is 2.92. The molecule has 0 aliphatic carbocycles. The molecule has 20 heavy (non-hydrogen) atoms. The Bertz CT molecular complexity index is 723. The number of halogens is 3. The van der Waals surface area contributed by atoms with Gasteiger partial charge >= 0.3 is 0 Å². The fourth-order valence-electron chi connectivity index (χ4n) is 2.03. The van der Waals surface area contributed by atoms with Gasteiger partial charge in [0.25, 0.3) is 0 Å². The summed E-state index contributed by atoms with van der Waals surface area (Å²) in [7, 11) is 0. The predicted octanol–water partition coefficient (Wildman–Crippen LogP) is 5.92. The van der Waals surface area contributed by atoms with Crippen LogP contribution in [-0.2, 0) is 6.42 Å². The lowest BCUT2D eigenvalue weighted by Crippen LogP contribution is -1.96. The fraction of sp³-hybridized carbons (Fsp3) is 0.133. The zero-order valence-electron chi connectivity index (χ0n) is 10.3. The molecule has 0 spiro atoms. The Hall–Kier alpha value is -0.840. The van der Waals surface area contributed by atoms with E-state index in [1.54, 1.807) is 0 Å². The Morgan fingerprint density at radius 2 is 2.00 bits per heavy atom. The Morgan fingerprint density at radius 3 is 2.75 bits per heavy atom. The molecule has 1 atom stereocenters. The maximum atomic E-state index is 5.96. The summed E-state index contributed by atoms with van der Waals surface area (Å²) in [6.07, 6.45) is 0.676. The van der Waals surface area contributed by atoms with Gasteiger partial charge in [-0.15, -0.1) is 0 Å². The van der Waals surface area contributed by atoms with Crippen molar-refractivity contribution in [3.8, 4) is 0 Å². The summed E-state index contributed by atoms with van der Waals surface area (Å²) < 4.78 is 6.72. The van der Waals surface area contributed by atoms with Crippen molar-refractivity contribution < 1.29 is 4.42 Å². The number of aromatic nitrogens is 1. The Labute approximate surface area is 138 Å². The van der Waals surface area contributed by atoms with Crippen molar-refractivity contribution in [2.24, 2.45) is 0 Å². The van der Waals surface area contributed by atoms with Gasteiger partial charge in [0.05, 0.1) is 0 Å². The Balaban J connectivity index is 1.86. The van der Waals surface area contributed by atoms with E-state index in [-0.39, 0.29) is 4.83 Å². The number of benzene rings is 2. The molecule has 3 aromatic rings. The van der Waals surface area contributed by atoms with Gasteiger partial charge < -0.3 is 4.42 Å². The third-order valence-corrected chi connectivity index (χ3v) is 4.73. The van der Waals surface area contributed by atoms with Crippen LogP contribution in [0.1, 0.15) is 16.3 Å². The highest BCUT2D eigenvalue weighted by Gasteiger charge is 2.16. The summed E-state index contributed by atoms with van der Waals surface area (Å²) in [5, 5.41) is 0.710. The van der Waals surface area contributed by atoms with E-state index in [0.29, 0.717) is 11.4 Å². The van der Waals surface area contributed by atoms with E-state index in [1.165, 1.54) is 0 Å². The molecule has 3 rings (SSSR count). The molecule has 0 fully saturated rings. The van der Waals surface area contributed by atoms with Gasteiger partial charge in [0.1, 0.15) is 5.52 Å². The molecule has 0 aliphatic rings. The van der Waals surface area contributed by atoms with Crippen LogP contribution in [0.3, 0.4) is 0 Å². The molecule has 0 radical (unpaired) electrons. The first-order chi connectivity index (χ1) is 9.63. The molecule has 0 N–H and O–H groups in total. The number of hydrogen-bond donors (Lipinski definition) is 0. The lowest BCUT2D eigenvalue weighted by molar-refractivity contribution is 0.527. The molecule has 2 aromatic carbocycles. The molecule has 2 nitrogen and oxygen atoms in total. The highest BCUT2D eigenvalue weighted by atomic mass is 79.9. The second kappa shape index (κ2) is 5.88. The maximum Gasteiger partial charge on any atom is 0.196 e. The first kappa shape index (κ1) is 14.1. The third-order valence-electron chi connectivity index (χ3n) is 2.99. The van der Waals surface area contributed by atoms with Gasteiger partial charge in [-0.2, -0.15) is 0 Å². The zero-order chi connectivity index (χ0) is 14.1. The van der Waals surface area contributed by atoms with E-state index >= 15 is 0 Å². The van der Waals surface area contributed by atoms with Crippen molar-refractivity contribution in [2.75, 3.05) is 0 Å². The van der Waals surface area contributed by atoms with Crippen molar-refractivity contribution in [1.82, 2.24) is 4.98 Å². The zero-order valence-corrected chi connectivity index (χ0v) is 14.2. The molecule has 0 amide bonds. The van der Waals surface area contributed by atoms with Gasteiger partial charge in [-0.1, -0.05) is 61.7 Å². The lowest BCUT2D eigenvalue weighted by Gasteiger charge is -2.10. The van der Waals surface area contributed by atoms with Crippen molar-refractivity contribution in [3.05, 3.63) is 63.4 Å². The second-order valence-corrected chi connectivity index (χ2v) is 6.81. The van der Waals surface area contributed by atoms with Crippen LogP contribution < -0.4 is 0 Å². The Kier molecular flexibility index (Phi) is 4.15. The molecule has 1 heterocycles. The summed E-state index contributed by atoms with van der Waals surface area (Å²) in [5.74, 6) is 0.718. The largest absolute Gasteiger partial charge is 0.441 e. The summed E-state index contributed by atoms with van der Waals surface area (Å²) >= 11 is 13.2. The van der Waals surface area contributed by atoms with Crippen LogP contribution in [0.25, 0.3) is 11.1 Å². The number of alkyl halides is 1. The highest BCUT2D eigenvalue weighted by Crippen LogP contribution is 2.34. The van der Waals surface area contributed by atoms with Gasteiger partial charge in [-0.05, 0) is 29.8 Å². The first-order valence-corrected chi connectivity index (χ1v) is 8.15. The van der Waals surface area contributed by atoms with Crippen molar-refractivity contribution >= 4 is 54.6 Å². The summed E-state index contributed by atoms with van der Waals surface area (Å²) in [6.45, 7) is 0. The topological polar surface area (TPSA) is 26.0 Å². The number of fused-ring (bicyclic) bond motifs is 1. The van der Waals surface area contributed by atoms with Crippen LogP contribution >= 0.6 is 43.5 Å². The predicted molar refractivity (Wildman–Crippen MR) is 88.5 cm³/mol. The average molecular weight is 416 g/mol. The summed E-state index contributed by atoms with van der Waals surface area (Å²) in [6, 6.07) is 13.5. The van der Waals surface area contributed by atoms with Gasteiger partial charge in [0.15, 0.2) is 11.5 Å². The molecular weight excluding hydrogens is 405 g/mol. The quantitative estimate of drug-likeness (QED) is 0.496. The minimum Gasteiger partial charge on any atom is -0.441 e. The molecule has 5 heteroatoms. The van der Waals surface area contributed by atoms with Gasteiger partial charge in [0.2, 0.25) is 0 Å². The molecule has 0 saturated heterocycles. The van der Waals surface area contributed by atoms with Crippen LogP contribution in [0, 0.1) is 0 Å². The standard InChI is InChI=1S/C15H10Br2ClNO/c16-11-7-9(18)5-6-10(11)12(17)8-15-19-13-3-1-2-4-14(13)20-15/h1-7,12H,8H2. The van der Waals surface area contributed by atoms with Gasteiger partial charge in [-0.25, -0.2) is 4.98 Å². The number of para-hydroxylation sites is 2. The van der Waals surface area contributed by atoms with Crippen LogP contribution in [0.2, 0.25) is 5.02 Å². The fourth-order valence-corrected chi connectivity index (χ4v) is 3.97. The van der Waals surface area contributed by atoms with Crippen molar-refractivity contribution in [1.29, 1.82) is 0 Å². The minimum atomic E-state index is 0.113. The van der Waals surface area contributed by atoms with E-state index in [0.717, 1.165) is 27.0 Å². The van der Waals surface area contributed by atoms with E-state index in [9.17, 15) is 0 Å². The molecule has 1 unspecified atom stereocenters. The van der Waals surface area contributed by atoms with Crippen LogP contribution in [0.15, 0.2) is 51.4 Å². The molecule has 102 valence electrons. The molecule has 0 saturated carbocycles. The number of nitrogens with zero attached hydrogens (tertiary/aromatic N) is 1. The SMILES string of the molecule is Clc1ccc(C(Br)Cc2nc3ccccc3o2)c(Br)c1. The summed E-state index contributed by atoms with van der Waals surface area (Å²) in [5.41, 5.74) is 2.83. The minimum absolute atomic E-state index is 0.113. The van der Waals surface area contributed by atoms with E-state index in [4.69, 9.17) is 16.0 Å². The number of oxazole rings is 1. The van der Waals surface area contributed by atoms with Gasteiger partial charge in [-0.3, -0.25) is 0 Å². The van der Waals surface area contributed by atoms with Crippen molar-refractivity contribution in [2.45, 2.75) is 11.2 Å². The second-order valence-electron chi connectivity index (χ2n) is 4.41. The normalized spacial score (nSPS) is 12.8. The van der Waals surface area contributed by atoms with Crippen LogP contribution in [0.4, 0.5) is 0 Å². The van der Waals surface area contributed by atoms with Crippen LogP contribution in [0.5, 0.6) is 0 Å². The van der Waals surface area contributed by atoms with Gasteiger partial charge in [0, 0.05) is 20.7 Å². The van der Waals surface area contributed by atoms with E-state index < -0.39 is 0 Å². The van der Waals surface area contributed by atoms with Crippen molar-refractivity contribution in [3.63, 3.8) is 0 Å². The number of rotatable bonds is 3. The first-order valence-electron chi connectivity index (χ1n) is 6.07. The molecule has 1 aromatic heterocycles. The average Bonchev–Trinajstić information content (AvgIpc) is 2.80.